The number of hydrogen-bond acceptors (Lipinski definition) is 3. The molecule has 1 N–H and O–H groups in total. The summed E-state index contributed by atoms with van der Waals surface area (Å²) in [7, 11) is 0. The second-order valence-electron chi connectivity index (χ2n) is 4.32. The molecule has 1 atom stereocenters. The highest BCUT2D eigenvalue weighted by atomic mass is 127. The molecule has 3 rings (SSSR count). The van der Waals surface area contributed by atoms with Crippen molar-refractivity contribution >= 4 is 40.0 Å². The molecule has 5 heteroatoms. The quantitative estimate of drug-likeness (QED) is 0.733. The van der Waals surface area contributed by atoms with Crippen LogP contribution in [0.2, 0.25) is 0 Å². The molecule has 1 unspecified atom stereocenters. The summed E-state index contributed by atoms with van der Waals surface area (Å²) in [6, 6.07) is 6.20. The van der Waals surface area contributed by atoms with Crippen LogP contribution in [0.5, 0.6) is 0 Å². The molecule has 4 nitrogen and oxygen atoms in total. The third-order valence-electron chi connectivity index (χ3n) is 3.26. The van der Waals surface area contributed by atoms with Crippen LogP contribution in [0.3, 0.4) is 0 Å². The van der Waals surface area contributed by atoms with Gasteiger partial charge in [-0.3, -0.25) is 4.79 Å². The molecular weight excluding hydrogens is 329 g/mol. The Morgan fingerprint density at radius 1 is 1.47 bits per heavy atom. The first-order valence-corrected chi connectivity index (χ1v) is 6.69. The van der Waals surface area contributed by atoms with E-state index in [0.717, 1.165) is 24.4 Å². The summed E-state index contributed by atoms with van der Waals surface area (Å²) in [6.45, 7) is 1.92. The Morgan fingerprint density at radius 2 is 2.29 bits per heavy atom. The maximum absolute atomic E-state index is 11.7. The normalized spacial score (nSPS) is 22.5. The molecule has 17 heavy (non-hydrogen) atoms. The summed E-state index contributed by atoms with van der Waals surface area (Å²) in [4.78, 5) is 13.7. The maximum atomic E-state index is 11.7. The first-order valence-electron chi connectivity index (χ1n) is 5.61. The molecule has 2 heterocycles. The first kappa shape index (κ1) is 11.0. The smallest absolute Gasteiger partial charge is 0.262 e. The molecule has 1 aromatic carbocycles. The fraction of sp³-hybridized carbons (Fsp3) is 0.333. The predicted molar refractivity (Wildman–Crippen MR) is 75.0 cm³/mol. The summed E-state index contributed by atoms with van der Waals surface area (Å²) in [5, 5.41) is 4.15. The predicted octanol–water partition coefficient (Wildman–Crippen LogP) is 1.88. The number of amides is 1. The van der Waals surface area contributed by atoms with E-state index in [4.69, 9.17) is 0 Å². The molecule has 0 saturated carbocycles. The van der Waals surface area contributed by atoms with Crippen LogP contribution in [-0.4, -0.2) is 17.8 Å². The van der Waals surface area contributed by atoms with Gasteiger partial charge in [0.1, 0.15) is 11.9 Å². The van der Waals surface area contributed by atoms with Crippen molar-refractivity contribution in [1.29, 1.82) is 0 Å². The zero-order valence-electron chi connectivity index (χ0n) is 9.40. The minimum atomic E-state index is -0.181. The number of carbonyl (C=O) groups excluding carboxylic acids is 1. The lowest BCUT2D eigenvalue weighted by atomic mass is 9.98. The van der Waals surface area contributed by atoms with Crippen LogP contribution in [0, 0.1) is 3.57 Å². The second-order valence-corrected chi connectivity index (χ2v) is 5.57. The number of hydrazone groups is 1. The van der Waals surface area contributed by atoms with Gasteiger partial charge < -0.3 is 4.90 Å². The van der Waals surface area contributed by atoms with Gasteiger partial charge in [0.05, 0.1) is 0 Å². The van der Waals surface area contributed by atoms with Crippen molar-refractivity contribution in [1.82, 2.24) is 5.43 Å². The largest absolute Gasteiger partial charge is 0.316 e. The minimum absolute atomic E-state index is 0.0412. The Bertz CT molecular complexity index is 526. The van der Waals surface area contributed by atoms with Gasteiger partial charge in [0.25, 0.3) is 5.91 Å². The fourth-order valence-electron chi connectivity index (χ4n) is 2.35. The molecule has 0 bridgehead atoms. The number of nitrogens with zero attached hydrogens (tertiary/aromatic N) is 2. The Labute approximate surface area is 113 Å². The Hall–Kier alpha value is -1.11. The van der Waals surface area contributed by atoms with Gasteiger partial charge in [0, 0.05) is 15.7 Å². The molecule has 0 radical (unpaired) electrons. The van der Waals surface area contributed by atoms with Gasteiger partial charge in [-0.2, -0.15) is 5.10 Å². The second kappa shape index (κ2) is 3.97. The Balaban J connectivity index is 2.14. The average molecular weight is 341 g/mol. The first-order chi connectivity index (χ1) is 8.16. The van der Waals surface area contributed by atoms with Crippen LogP contribution in [0.15, 0.2) is 23.3 Å². The van der Waals surface area contributed by atoms with Crippen molar-refractivity contribution in [3.05, 3.63) is 27.3 Å². The minimum Gasteiger partial charge on any atom is -0.316 e. The van der Waals surface area contributed by atoms with Crippen LogP contribution >= 0.6 is 22.6 Å². The van der Waals surface area contributed by atoms with Gasteiger partial charge in [-0.1, -0.05) is 6.07 Å². The molecule has 0 aromatic heterocycles. The summed E-state index contributed by atoms with van der Waals surface area (Å²) in [5.74, 6) is 0.923. The molecular formula is C12H12IN3O. The molecule has 0 fully saturated rings. The number of fused-ring (bicyclic) bond motifs is 3. The van der Waals surface area contributed by atoms with Crippen LogP contribution in [0.25, 0.3) is 0 Å². The number of amidine groups is 1. The lowest BCUT2D eigenvalue weighted by Gasteiger charge is -2.38. The van der Waals surface area contributed by atoms with Crippen molar-refractivity contribution in [2.45, 2.75) is 25.8 Å². The number of nitrogens with one attached hydrogen (secondary N) is 1. The van der Waals surface area contributed by atoms with E-state index >= 15 is 0 Å². The summed E-state index contributed by atoms with van der Waals surface area (Å²) < 4.78 is 1.18. The summed E-state index contributed by atoms with van der Waals surface area (Å²) in [5.41, 5.74) is 5.01. The SMILES string of the molecule is CC1C(=O)NN=C2CCc3ccc(I)cc3N21. The summed E-state index contributed by atoms with van der Waals surface area (Å²) >= 11 is 2.29. The van der Waals surface area contributed by atoms with Gasteiger partial charge in [0.2, 0.25) is 0 Å². The van der Waals surface area contributed by atoms with E-state index in [1.54, 1.807) is 0 Å². The van der Waals surface area contributed by atoms with Crippen LogP contribution < -0.4 is 10.3 Å². The van der Waals surface area contributed by atoms with Crippen molar-refractivity contribution in [2.75, 3.05) is 4.90 Å². The Morgan fingerprint density at radius 3 is 3.12 bits per heavy atom. The molecule has 1 amide bonds. The Kier molecular flexibility index (Phi) is 2.57. The van der Waals surface area contributed by atoms with Crippen molar-refractivity contribution < 1.29 is 4.79 Å². The third-order valence-corrected chi connectivity index (χ3v) is 3.94. The lowest BCUT2D eigenvalue weighted by Crippen LogP contribution is -2.53. The highest BCUT2D eigenvalue weighted by Crippen LogP contribution is 2.32. The number of carbonyl (C=O) groups is 1. The fourth-order valence-corrected chi connectivity index (χ4v) is 2.83. The van der Waals surface area contributed by atoms with Gasteiger partial charge in [0.15, 0.2) is 0 Å². The van der Waals surface area contributed by atoms with Crippen molar-refractivity contribution in [2.24, 2.45) is 5.10 Å². The van der Waals surface area contributed by atoms with E-state index in [9.17, 15) is 4.79 Å². The maximum Gasteiger partial charge on any atom is 0.262 e. The number of aryl methyl sites for hydroxylation is 1. The van der Waals surface area contributed by atoms with E-state index in [2.05, 4.69) is 56.2 Å². The van der Waals surface area contributed by atoms with Gasteiger partial charge in [-0.15, -0.1) is 0 Å². The standard InChI is InChI=1S/C12H12IN3O/c1-7-12(17)15-14-11-5-3-8-2-4-9(13)6-10(8)16(7)11/h2,4,6-7H,3,5H2,1H3,(H,15,17). The number of hydrogen-bond donors (Lipinski definition) is 1. The molecule has 88 valence electrons. The van der Waals surface area contributed by atoms with Crippen LogP contribution in [-0.2, 0) is 11.2 Å². The zero-order valence-corrected chi connectivity index (χ0v) is 11.6. The number of halogens is 1. The molecule has 0 aliphatic carbocycles. The third kappa shape index (κ3) is 1.72. The highest BCUT2D eigenvalue weighted by molar-refractivity contribution is 14.1. The number of benzene rings is 1. The molecule has 0 saturated heterocycles. The number of anilines is 1. The van der Waals surface area contributed by atoms with Crippen LogP contribution in [0.4, 0.5) is 5.69 Å². The van der Waals surface area contributed by atoms with E-state index in [-0.39, 0.29) is 11.9 Å². The number of rotatable bonds is 0. The van der Waals surface area contributed by atoms with Gasteiger partial charge in [-0.05, 0) is 53.6 Å². The van der Waals surface area contributed by atoms with Gasteiger partial charge in [-0.25, -0.2) is 5.43 Å². The van der Waals surface area contributed by atoms with Crippen molar-refractivity contribution in [3.63, 3.8) is 0 Å². The van der Waals surface area contributed by atoms with E-state index < -0.39 is 0 Å². The van der Waals surface area contributed by atoms with Crippen molar-refractivity contribution in [3.8, 4) is 0 Å². The lowest BCUT2D eigenvalue weighted by molar-refractivity contribution is -0.122. The average Bonchev–Trinajstić information content (AvgIpc) is 2.33. The molecule has 2 aliphatic rings. The van der Waals surface area contributed by atoms with E-state index in [1.807, 2.05) is 6.92 Å². The molecule has 0 spiro atoms. The zero-order chi connectivity index (χ0) is 12.0. The molecule has 1 aromatic rings. The van der Waals surface area contributed by atoms with Crippen LogP contribution in [0.1, 0.15) is 18.9 Å². The van der Waals surface area contributed by atoms with Gasteiger partial charge >= 0.3 is 0 Å². The summed E-state index contributed by atoms with van der Waals surface area (Å²) in [6.07, 6.45) is 1.88. The van der Waals surface area contributed by atoms with E-state index in [1.165, 1.54) is 9.13 Å². The monoisotopic (exact) mass is 341 g/mol. The van der Waals surface area contributed by atoms with E-state index in [0.29, 0.717) is 0 Å². The topological polar surface area (TPSA) is 44.7 Å². The molecule has 2 aliphatic heterocycles. The highest BCUT2D eigenvalue weighted by Gasteiger charge is 2.33.